The Morgan fingerprint density at radius 2 is 1.33 bits per heavy atom. The minimum Gasteiger partial charge on any atom is -0.309 e. The lowest BCUT2D eigenvalue weighted by Crippen LogP contribution is -2.58. The topological polar surface area (TPSA) is 97.0 Å². The van der Waals surface area contributed by atoms with E-state index in [1.54, 1.807) is 0 Å². The zero-order chi connectivity index (χ0) is 25.7. The van der Waals surface area contributed by atoms with Gasteiger partial charge in [-0.2, -0.15) is 12.7 Å². The average Bonchev–Trinajstić information content (AvgIpc) is 3.60. The number of fused-ring (bicyclic) bond motifs is 6. The van der Waals surface area contributed by atoms with Gasteiger partial charge in [-0.25, -0.2) is 9.52 Å². The SMILES string of the molecule is CN1CC2CCC(C1)N2.CN1CC2CCC(C1)N2S(=O)(=O)NC(=O)Nc1c2c(cc3c1CCC3)CCC2.Cl.Cl. The molecule has 3 N–H and O–H groups in total. The summed E-state index contributed by atoms with van der Waals surface area (Å²) in [4.78, 5) is 17.3. The van der Waals surface area contributed by atoms with Crippen LogP contribution in [0.3, 0.4) is 0 Å². The lowest BCUT2D eigenvalue weighted by Gasteiger charge is -2.38. The van der Waals surface area contributed by atoms with Crippen molar-refractivity contribution in [3.8, 4) is 0 Å². The summed E-state index contributed by atoms with van der Waals surface area (Å²) >= 11 is 0. The molecule has 0 radical (unpaired) electrons. The van der Waals surface area contributed by atoms with Crippen LogP contribution in [0.1, 0.15) is 60.8 Å². The Morgan fingerprint density at radius 1 is 0.821 bits per heavy atom. The zero-order valence-corrected chi connectivity index (χ0v) is 25.5. The third kappa shape index (κ3) is 6.37. The molecule has 4 fully saturated rings. The first kappa shape index (κ1) is 30.8. The number of hydrogen-bond acceptors (Lipinski definition) is 6. The highest BCUT2D eigenvalue weighted by Gasteiger charge is 2.46. The number of likely N-dealkylation sites (tertiary alicyclic amines) is 2. The number of hydrogen-bond donors (Lipinski definition) is 3. The van der Waals surface area contributed by atoms with Crippen molar-refractivity contribution in [3.05, 3.63) is 28.3 Å². The van der Waals surface area contributed by atoms with Crippen LogP contribution in [0.5, 0.6) is 0 Å². The number of rotatable bonds is 3. The van der Waals surface area contributed by atoms with Crippen molar-refractivity contribution < 1.29 is 13.2 Å². The summed E-state index contributed by atoms with van der Waals surface area (Å²) in [5.74, 6) is 0. The van der Waals surface area contributed by atoms with Gasteiger partial charge >= 0.3 is 16.2 Å². The van der Waals surface area contributed by atoms with Gasteiger partial charge < -0.3 is 20.4 Å². The number of benzene rings is 1. The molecule has 220 valence electrons. The van der Waals surface area contributed by atoms with Crippen LogP contribution >= 0.6 is 24.8 Å². The second-order valence-corrected chi connectivity index (χ2v) is 13.7. The Bertz CT molecular complexity index is 1110. The van der Waals surface area contributed by atoms with E-state index in [4.69, 9.17) is 0 Å². The second kappa shape index (κ2) is 12.4. The van der Waals surface area contributed by atoms with Gasteiger partial charge in [0, 0.05) is 56.0 Å². The Labute approximate surface area is 245 Å². The maximum atomic E-state index is 13.0. The minimum atomic E-state index is -3.85. The van der Waals surface area contributed by atoms with Gasteiger partial charge in [-0.1, -0.05) is 6.07 Å². The molecule has 12 heteroatoms. The number of nitrogens with zero attached hydrogens (tertiary/aromatic N) is 3. The maximum Gasteiger partial charge on any atom is 0.333 e. The van der Waals surface area contributed by atoms with Gasteiger partial charge in [0.05, 0.1) is 0 Å². The molecule has 1 aromatic rings. The molecule has 6 aliphatic rings. The van der Waals surface area contributed by atoms with E-state index in [-0.39, 0.29) is 36.9 Å². The summed E-state index contributed by atoms with van der Waals surface area (Å²) in [5, 5.41) is 6.51. The van der Waals surface area contributed by atoms with E-state index in [1.165, 1.54) is 52.5 Å². The van der Waals surface area contributed by atoms with E-state index in [0.29, 0.717) is 0 Å². The van der Waals surface area contributed by atoms with E-state index >= 15 is 0 Å². The number of amides is 2. The molecular weight excluding hydrogens is 559 g/mol. The Balaban J connectivity index is 0.000000272. The van der Waals surface area contributed by atoms with Crippen LogP contribution in [0.25, 0.3) is 0 Å². The first-order valence-corrected chi connectivity index (χ1v) is 15.6. The van der Waals surface area contributed by atoms with E-state index in [9.17, 15) is 13.2 Å². The minimum absolute atomic E-state index is 0. The highest BCUT2D eigenvalue weighted by molar-refractivity contribution is 7.87. The summed E-state index contributed by atoms with van der Waals surface area (Å²) in [6, 6.07) is 3.21. The van der Waals surface area contributed by atoms with Gasteiger partial charge in [-0.15, -0.1) is 24.8 Å². The molecule has 4 saturated heterocycles. The molecule has 39 heavy (non-hydrogen) atoms. The monoisotopic (exact) mass is 602 g/mol. The maximum absolute atomic E-state index is 13.0. The molecule has 4 atom stereocenters. The number of piperazine rings is 2. The van der Waals surface area contributed by atoms with Crippen molar-refractivity contribution in [3.63, 3.8) is 0 Å². The molecule has 0 saturated carbocycles. The lowest BCUT2D eigenvalue weighted by atomic mass is 9.99. The van der Waals surface area contributed by atoms with E-state index in [1.807, 2.05) is 7.05 Å². The molecule has 9 nitrogen and oxygen atoms in total. The third-order valence-electron chi connectivity index (χ3n) is 9.21. The normalized spacial score (nSPS) is 29.4. The summed E-state index contributed by atoms with van der Waals surface area (Å²) in [5.41, 5.74) is 5.91. The molecule has 0 aromatic heterocycles. The Hall–Kier alpha value is -1.14. The Morgan fingerprint density at radius 3 is 1.87 bits per heavy atom. The molecule has 2 amide bonds. The summed E-state index contributed by atoms with van der Waals surface area (Å²) < 4.78 is 29.7. The van der Waals surface area contributed by atoms with Crippen molar-refractivity contribution in [2.75, 3.05) is 45.6 Å². The molecule has 4 heterocycles. The number of urea groups is 1. The molecule has 4 bridgehead atoms. The van der Waals surface area contributed by atoms with Crippen LogP contribution in [0.2, 0.25) is 0 Å². The molecule has 0 spiro atoms. The van der Waals surface area contributed by atoms with Crippen LogP contribution in [0, 0.1) is 0 Å². The summed E-state index contributed by atoms with van der Waals surface area (Å²) in [6.07, 6.45) is 10.7. The molecule has 4 aliphatic heterocycles. The lowest BCUT2D eigenvalue weighted by molar-refractivity contribution is 0.153. The fourth-order valence-corrected chi connectivity index (χ4v) is 9.28. The fourth-order valence-electron chi connectivity index (χ4n) is 7.76. The Kier molecular flexibility index (Phi) is 9.79. The van der Waals surface area contributed by atoms with Crippen LogP contribution < -0.4 is 15.4 Å². The predicted molar refractivity (Wildman–Crippen MR) is 160 cm³/mol. The van der Waals surface area contributed by atoms with Crippen molar-refractivity contribution >= 4 is 46.7 Å². The largest absolute Gasteiger partial charge is 0.333 e. The highest BCUT2D eigenvalue weighted by Crippen LogP contribution is 2.38. The molecule has 7 rings (SSSR count). The van der Waals surface area contributed by atoms with Crippen molar-refractivity contribution in [1.29, 1.82) is 0 Å². The number of nitrogens with one attached hydrogen (secondary N) is 3. The van der Waals surface area contributed by atoms with Crippen molar-refractivity contribution in [2.45, 2.75) is 88.4 Å². The summed E-state index contributed by atoms with van der Waals surface area (Å²) in [6.45, 7) is 3.96. The van der Waals surface area contributed by atoms with Gasteiger partial charge in [0.15, 0.2) is 0 Å². The number of aryl methyl sites for hydroxylation is 2. The third-order valence-corrected chi connectivity index (χ3v) is 10.8. The van der Waals surface area contributed by atoms with E-state index in [0.717, 1.165) is 82.2 Å². The van der Waals surface area contributed by atoms with Gasteiger partial charge in [-0.3, -0.25) is 0 Å². The number of halogens is 2. The number of anilines is 1. The quantitative estimate of drug-likeness (QED) is 0.492. The van der Waals surface area contributed by atoms with Crippen LogP contribution in [0.15, 0.2) is 6.07 Å². The standard InChI is InChI=1S/C20H28N4O3S.C7H14N2.2ClH/c1-23-11-15-8-9-16(12-23)24(15)28(26,27)22-20(25)21-19-17-6-2-4-13(17)10-14-5-3-7-18(14)19;1-9-4-6-2-3-7(5-9)8-6;;/h10,15-16H,2-9,11-12H2,1H3,(H2,21,22,25);6-8H,2-5H2,1H3;2*1H. The van der Waals surface area contributed by atoms with E-state index in [2.05, 4.69) is 38.3 Å². The molecular formula is C27H44Cl2N6O3S. The van der Waals surface area contributed by atoms with Gasteiger partial charge in [-0.05, 0) is 101 Å². The average molecular weight is 604 g/mol. The number of carbonyl (C=O) groups excluding carboxylic acids is 1. The fraction of sp³-hybridized carbons (Fsp3) is 0.741. The zero-order valence-electron chi connectivity index (χ0n) is 23.1. The predicted octanol–water partition coefficient (Wildman–Crippen LogP) is 2.70. The first-order valence-electron chi connectivity index (χ1n) is 14.2. The highest BCUT2D eigenvalue weighted by atomic mass is 35.5. The van der Waals surface area contributed by atoms with Crippen molar-refractivity contribution in [1.82, 2.24) is 24.1 Å². The van der Waals surface area contributed by atoms with Crippen LogP contribution in [-0.4, -0.2) is 93.0 Å². The van der Waals surface area contributed by atoms with Crippen LogP contribution in [-0.2, 0) is 35.9 Å². The molecule has 4 unspecified atom stereocenters. The van der Waals surface area contributed by atoms with Crippen LogP contribution in [0.4, 0.5) is 10.5 Å². The number of likely N-dealkylation sites (N-methyl/N-ethyl adjacent to an activating group) is 2. The first-order chi connectivity index (χ1) is 17.8. The summed E-state index contributed by atoms with van der Waals surface area (Å²) in [7, 11) is 0.389. The van der Waals surface area contributed by atoms with Gasteiger partial charge in [0.25, 0.3) is 0 Å². The van der Waals surface area contributed by atoms with E-state index < -0.39 is 16.2 Å². The second-order valence-electron chi connectivity index (χ2n) is 12.1. The van der Waals surface area contributed by atoms with Crippen molar-refractivity contribution in [2.24, 2.45) is 0 Å². The van der Waals surface area contributed by atoms with Gasteiger partial charge in [0.1, 0.15) is 0 Å². The molecule has 1 aromatic carbocycles. The number of carbonyl (C=O) groups is 1. The smallest absolute Gasteiger partial charge is 0.309 e. The van der Waals surface area contributed by atoms with Gasteiger partial charge in [0.2, 0.25) is 0 Å². The molecule has 2 aliphatic carbocycles.